The fraction of sp³-hybridized carbons (Fsp3) is 0.111. The topological polar surface area (TPSA) is 84.4 Å². The molecule has 2 N–H and O–H groups in total. The molecule has 2 heterocycles. The highest BCUT2D eigenvalue weighted by molar-refractivity contribution is 6.30. The van der Waals surface area contributed by atoms with Crippen LogP contribution in [0.4, 0.5) is 0 Å². The molecule has 0 amide bonds. The number of aromatic nitrogens is 2. The molecule has 1 aliphatic heterocycles. The lowest BCUT2D eigenvalue weighted by atomic mass is 10.0. The van der Waals surface area contributed by atoms with Crippen molar-refractivity contribution in [3.8, 4) is 34.5 Å². The summed E-state index contributed by atoms with van der Waals surface area (Å²) in [7, 11) is 1.46. The Morgan fingerprint density at radius 3 is 2.88 bits per heavy atom. The molecule has 0 saturated carbocycles. The molecular weight excluding hydrogens is 344 g/mol. The summed E-state index contributed by atoms with van der Waals surface area (Å²) in [6.07, 6.45) is 0.391. The number of hydrogen-bond donors (Lipinski definition) is 2. The first kappa shape index (κ1) is 15.5. The van der Waals surface area contributed by atoms with Crippen LogP contribution in [-0.4, -0.2) is 22.2 Å². The SMILES string of the molecule is COc1ccc(-c2nc3c(c(=O)[nH]2)Cc2cc(Cl)ccc2O3)cc1O. The van der Waals surface area contributed by atoms with Crippen LogP contribution in [0.1, 0.15) is 11.1 Å². The Morgan fingerprint density at radius 2 is 2.12 bits per heavy atom. The summed E-state index contributed by atoms with van der Waals surface area (Å²) < 4.78 is 10.8. The van der Waals surface area contributed by atoms with Crippen molar-refractivity contribution in [2.45, 2.75) is 6.42 Å². The van der Waals surface area contributed by atoms with E-state index in [1.54, 1.807) is 30.3 Å². The van der Waals surface area contributed by atoms with E-state index in [2.05, 4.69) is 9.97 Å². The maximum absolute atomic E-state index is 12.5. The summed E-state index contributed by atoms with van der Waals surface area (Å²) in [5.74, 6) is 1.48. The Hall–Kier alpha value is -2.99. The predicted octanol–water partition coefficient (Wildman–Crippen LogP) is 3.50. The first-order valence-electron chi connectivity index (χ1n) is 7.52. The number of ether oxygens (including phenoxy) is 2. The first-order chi connectivity index (χ1) is 12.0. The van der Waals surface area contributed by atoms with E-state index < -0.39 is 0 Å². The van der Waals surface area contributed by atoms with Gasteiger partial charge < -0.3 is 19.6 Å². The molecule has 0 atom stereocenters. The molecule has 2 aromatic carbocycles. The fourth-order valence-corrected chi connectivity index (χ4v) is 2.97. The molecule has 1 aliphatic rings. The normalized spacial score (nSPS) is 12.1. The quantitative estimate of drug-likeness (QED) is 0.574. The second-order valence-electron chi connectivity index (χ2n) is 5.62. The van der Waals surface area contributed by atoms with E-state index in [1.165, 1.54) is 13.2 Å². The molecule has 0 aliphatic carbocycles. The molecule has 0 spiro atoms. The summed E-state index contributed by atoms with van der Waals surface area (Å²) in [5.41, 5.74) is 1.53. The molecule has 126 valence electrons. The van der Waals surface area contributed by atoms with Gasteiger partial charge in [-0.05, 0) is 36.4 Å². The van der Waals surface area contributed by atoms with Gasteiger partial charge in [0, 0.05) is 22.6 Å². The molecule has 25 heavy (non-hydrogen) atoms. The maximum atomic E-state index is 12.5. The third-order valence-electron chi connectivity index (χ3n) is 4.03. The zero-order valence-corrected chi connectivity index (χ0v) is 13.9. The number of nitrogens with zero attached hydrogens (tertiary/aromatic N) is 1. The van der Waals surface area contributed by atoms with E-state index in [0.29, 0.717) is 39.9 Å². The van der Waals surface area contributed by atoms with Crippen LogP contribution in [-0.2, 0) is 6.42 Å². The third kappa shape index (κ3) is 2.70. The number of fused-ring (bicyclic) bond motifs is 2. The lowest BCUT2D eigenvalue weighted by molar-refractivity contribution is 0.373. The van der Waals surface area contributed by atoms with Crippen LogP contribution >= 0.6 is 11.6 Å². The predicted molar refractivity (Wildman–Crippen MR) is 92.8 cm³/mol. The average molecular weight is 357 g/mol. The fourth-order valence-electron chi connectivity index (χ4n) is 2.77. The van der Waals surface area contributed by atoms with E-state index >= 15 is 0 Å². The van der Waals surface area contributed by atoms with Gasteiger partial charge in [0.2, 0.25) is 5.88 Å². The Labute approximate surface area is 147 Å². The van der Waals surface area contributed by atoms with Crippen LogP contribution in [0.15, 0.2) is 41.2 Å². The van der Waals surface area contributed by atoms with Gasteiger partial charge in [0.1, 0.15) is 11.6 Å². The third-order valence-corrected chi connectivity index (χ3v) is 4.26. The van der Waals surface area contributed by atoms with Crippen molar-refractivity contribution < 1.29 is 14.6 Å². The maximum Gasteiger partial charge on any atom is 0.258 e. The highest BCUT2D eigenvalue weighted by Gasteiger charge is 2.23. The van der Waals surface area contributed by atoms with E-state index in [1.807, 2.05) is 0 Å². The summed E-state index contributed by atoms with van der Waals surface area (Å²) in [5, 5.41) is 10.5. The molecule has 0 unspecified atom stereocenters. The van der Waals surface area contributed by atoms with Gasteiger partial charge in [-0.3, -0.25) is 4.79 Å². The lowest BCUT2D eigenvalue weighted by Crippen LogP contribution is -2.20. The molecule has 0 radical (unpaired) electrons. The minimum atomic E-state index is -0.291. The van der Waals surface area contributed by atoms with E-state index in [9.17, 15) is 9.90 Å². The summed E-state index contributed by atoms with van der Waals surface area (Å²) in [6, 6.07) is 10.0. The molecule has 4 rings (SSSR count). The summed E-state index contributed by atoms with van der Waals surface area (Å²) in [4.78, 5) is 19.6. The largest absolute Gasteiger partial charge is 0.504 e. The van der Waals surface area contributed by atoms with Crippen LogP contribution in [0.25, 0.3) is 11.4 Å². The van der Waals surface area contributed by atoms with Crippen molar-refractivity contribution in [1.29, 1.82) is 0 Å². The number of rotatable bonds is 2. The number of phenols is 1. The van der Waals surface area contributed by atoms with Crippen LogP contribution in [0, 0.1) is 0 Å². The van der Waals surface area contributed by atoms with Crippen molar-refractivity contribution in [2.24, 2.45) is 0 Å². The number of halogens is 1. The number of nitrogens with one attached hydrogen (secondary N) is 1. The molecule has 0 bridgehead atoms. The van der Waals surface area contributed by atoms with Gasteiger partial charge in [-0.2, -0.15) is 4.98 Å². The lowest BCUT2D eigenvalue weighted by Gasteiger charge is -2.19. The van der Waals surface area contributed by atoms with Crippen molar-refractivity contribution in [3.63, 3.8) is 0 Å². The van der Waals surface area contributed by atoms with E-state index in [-0.39, 0.29) is 17.2 Å². The van der Waals surface area contributed by atoms with Gasteiger partial charge in [0.05, 0.1) is 12.7 Å². The smallest absolute Gasteiger partial charge is 0.258 e. The van der Waals surface area contributed by atoms with Crippen molar-refractivity contribution in [3.05, 3.63) is 62.9 Å². The Balaban J connectivity index is 1.79. The first-order valence-corrected chi connectivity index (χ1v) is 7.90. The highest BCUT2D eigenvalue weighted by atomic mass is 35.5. The number of aromatic amines is 1. The zero-order valence-electron chi connectivity index (χ0n) is 13.2. The van der Waals surface area contributed by atoms with E-state index in [0.717, 1.165) is 5.56 Å². The van der Waals surface area contributed by atoms with Gasteiger partial charge in [0.15, 0.2) is 11.5 Å². The second-order valence-corrected chi connectivity index (χ2v) is 6.05. The summed E-state index contributed by atoms with van der Waals surface area (Å²) >= 11 is 6.00. The molecular formula is C18H13ClN2O4. The average Bonchev–Trinajstić information content (AvgIpc) is 2.60. The standard InChI is InChI=1S/C18H13ClN2O4/c1-24-15-4-2-9(8-13(15)22)16-20-17(23)12-7-10-6-11(19)3-5-14(10)25-18(12)21-16/h2-6,8,22H,7H2,1H3,(H,20,21,23). The van der Waals surface area contributed by atoms with Gasteiger partial charge in [-0.1, -0.05) is 11.6 Å². The Kier molecular flexibility index (Phi) is 3.62. The number of benzene rings is 2. The van der Waals surface area contributed by atoms with Gasteiger partial charge >= 0.3 is 0 Å². The number of hydrogen-bond acceptors (Lipinski definition) is 5. The summed E-state index contributed by atoms with van der Waals surface area (Å²) in [6.45, 7) is 0. The monoisotopic (exact) mass is 356 g/mol. The molecule has 7 heteroatoms. The van der Waals surface area contributed by atoms with Gasteiger partial charge in [-0.15, -0.1) is 0 Å². The Bertz CT molecular complexity index is 1050. The van der Waals surface area contributed by atoms with Crippen LogP contribution in [0.5, 0.6) is 23.1 Å². The Morgan fingerprint density at radius 1 is 1.28 bits per heavy atom. The second kappa shape index (κ2) is 5.82. The van der Waals surface area contributed by atoms with Gasteiger partial charge in [0.25, 0.3) is 5.56 Å². The number of H-pyrrole nitrogens is 1. The van der Waals surface area contributed by atoms with Crippen LogP contribution < -0.4 is 15.0 Å². The van der Waals surface area contributed by atoms with Crippen molar-refractivity contribution in [1.82, 2.24) is 9.97 Å². The number of aromatic hydroxyl groups is 1. The molecule has 3 aromatic rings. The minimum Gasteiger partial charge on any atom is -0.504 e. The minimum absolute atomic E-state index is 0.0405. The molecule has 1 aromatic heterocycles. The number of methoxy groups -OCH3 is 1. The van der Waals surface area contributed by atoms with Crippen LogP contribution in [0.2, 0.25) is 5.02 Å². The highest BCUT2D eigenvalue weighted by Crippen LogP contribution is 2.36. The molecule has 6 nitrogen and oxygen atoms in total. The van der Waals surface area contributed by atoms with E-state index in [4.69, 9.17) is 21.1 Å². The van der Waals surface area contributed by atoms with Crippen molar-refractivity contribution >= 4 is 11.6 Å². The molecule has 0 fully saturated rings. The van der Waals surface area contributed by atoms with Crippen LogP contribution in [0.3, 0.4) is 0 Å². The van der Waals surface area contributed by atoms with Crippen molar-refractivity contribution in [2.75, 3.05) is 7.11 Å². The zero-order chi connectivity index (χ0) is 17.6. The number of phenolic OH excluding ortho intramolecular Hbond substituents is 1. The van der Waals surface area contributed by atoms with Gasteiger partial charge in [-0.25, -0.2) is 0 Å². The molecule has 0 saturated heterocycles.